The molecule has 1 aliphatic rings. The lowest BCUT2D eigenvalue weighted by molar-refractivity contribution is 0.0253. The van der Waals surface area contributed by atoms with Crippen LogP contribution in [0.1, 0.15) is 37.0 Å². The van der Waals surface area contributed by atoms with Gasteiger partial charge in [0, 0.05) is 6.42 Å². The summed E-state index contributed by atoms with van der Waals surface area (Å²) < 4.78 is 5.80. The number of carbonyl (C=O) groups is 1. The van der Waals surface area contributed by atoms with Crippen LogP contribution in [-0.4, -0.2) is 11.6 Å². The van der Waals surface area contributed by atoms with E-state index in [-0.39, 0.29) is 5.91 Å². The Morgan fingerprint density at radius 1 is 1.40 bits per heavy atom. The van der Waals surface area contributed by atoms with Gasteiger partial charge in [0.05, 0.1) is 5.56 Å². The van der Waals surface area contributed by atoms with Crippen molar-refractivity contribution in [3.05, 3.63) is 29.8 Å². The largest absolute Gasteiger partial charge is 0.468 e. The predicted octanol–water partition coefficient (Wildman–Crippen LogP) is 2.33. The maximum atomic E-state index is 11.8. The minimum Gasteiger partial charge on any atom is -0.468 e. The second kappa shape index (κ2) is 3.57. The molecule has 0 saturated heterocycles. The lowest BCUT2D eigenvalue weighted by Crippen LogP contribution is -2.53. The fraction of sp³-hybridized carbons (Fsp3) is 0.417. The summed E-state index contributed by atoms with van der Waals surface area (Å²) in [6, 6.07) is 7.33. The van der Waals surface area contributed by atoms with Crippen molar-refractivity contribution >= 4 is 5.91 Å². The third-order valence-corrected chi connectivity index (χ3v) is 2.57. The molecule has 0 unspecified atom stereocenters. The molecule has 1 amide bonds. The van der Waals surface area contributed by atoms with Gasteiger partial charge in [-0.25, -0.2) is 0 Å². The van der Waals surface area contributed by atoms with E-state index in [0.29, 0.717) is 11.3 Å². The van der Waals surface area contributed by atoms with Crippen LogP contribution < -0.4 is 10.1 Å². The summed E-state index contributed by atoms with van der Waals surface area (Å²) in [7, 11) is 0. The number of carbonyl (C=O) groups excluding carboxylic acids is 1. The number of hydrogen-bond acceptors (Lipinski definition) is 2. The Kier molecular flexibility index (Phi) is 2.39. The first kappa shape index (κ1) is 10.0. The van der Waals surface area contributed by atoms with Gasteiger partial charge in [0.25, 0.3) is 5.91 Å². The fourth-order valence-electron chi connectivity index (χ4n) is 1.91. The molecule has 1 aromatic carbocycles. The van der Waals surface area contributed by atoms with E-state index in [9.17, 15) is 4.79 Å². The van der Waals surface area contributed by atoms with E-state index in [1.54, 1.807) is 6.07 Å². The lowest BCUT2D eigenvalue weighted by atomic mass is 10.0. The number of benzene rings is 1. The predicted molar refractivity (Wildman–Crippen MR) is 57.8 cm³/mol. The summed E-state index contributed by atoms with van der Waals surface area (Å²) in [5.74, 6) is 0.630. The van der Waals surface area contributed by atoms with Crippen LogP contribution in [0.25, 0.3) is 0 Å². The highest BCUT2D eigenvalue weighted by atomic mass is 16.5. The molecule has 1 N–H and O–H groups in total. The Morgan fingerprint density at radius 3 is 2.87 bits per heavy atom. The first-order valence-corrected chi connectivity index (χ1v) is 5.25. The molecular weight excluding hydrogens is 190 g/mol. The first-order valence-electron chi connectivity index (χ1n) is 5.25. The van der Waals surface area contributed by atoms with Gasteiger partial charge in [0.15, 0.2) is 5.72 Å². The Labute approximate surface area is 89.4 Å². The molecule has 80 valence electrons. The fourth-order valence-corrected chi connectivity index (χ4v) is 1.91. The number of rotatable bonds is 2. The Balaban J connectivity index is 2.34. The van der Waals surface area contributed by atoms with E-state index in [4.69, 9.17) is 4.74 Å². The van der Waals surface area contributed by atoms with Crippen LogP contribution in [0.3, 0.4) is 0 Å². The second-order valence-electron chi connectivity index (χ2n) is 4.03. The van der Waals surface area contributed by atoms with Crippen molar-refractivity contribution < 1.29 is 9.53 Å². The summed E-state index contributed by atoms with van der Waals surface area (Å²) >= 11 is 0. The number of hydrogen-bond donors (Lipinski definition) is 1. The number of ether oxygens (including phenoxy) is 1. The highest BCUT2D eigenvalue weighted by molar-refractivity contribution is 5.98. The Hall–Kier alpha value is -1.51. The van der Waals surface area contributed by atoms with Crippen molar-refractivity contribution in [1.82, 2.24) is 5.32 Å². The summed E-state index contributed by atoms with van der Waals surface area (Å²) in [5.41, 5.74) is 0.0614. The molecule has 3 heteroatoms. The molecule has 0 aliphatic carbocycles. The number of amides is 1. The van der Waals surface area contributed by atoms with Gasteiger partial charge in [-0.2, -0.15) is 0 Å². The maximum Gasteiger partial charge on any atom is 0.258 e. The van der Waals surface area contributed by atoms with Crippen LogP contribution in [0.5, 0.6) is 5.75 Å². The molecule has 15 heavy (non-hydrogen) atoms. The number of fused-ring (bicyclic) bond motifs is 1. The maximum absolute atomic E-state index is 11.8. The van der Waals surface area contributed by atoms with E-state index < -0.39 is 5.72 Å². The zero-order valence-corrected chi connectivity index (χ0v) is 9.04. The van der Waals surface area contributed by atoms with Crippen molar-refractivity contribution in [1.29, 1.82) is 0 Å². The molecule has 0 bridgehead atoms. The third kappa shape index (κ3) is 1.82. The summed E-state index contributed by atoms with van der Waals surface area (Å²) in [6.45, 7) is 3.98. The van der Waals surface area contributed by atoms with Crippen LogP contribution in [-0.2, 0) is 0 Å². The van der Waals surface area contributed by atoms with E-state index in [2.05, 4.69) is 12.2 Å². The molecule has 1 aromatic rings. The van der Waals surface area contributed by atoms with Crippen LogP contribution >= 0.6 is 0 Å². The zero-order chi connectivity index (χ0) is 10.9. The van der Waals surface area contributed by atoms with Gasteiger partial charge in [-0.3, -0.25) is 4.79 Å². The molecule has 0 aromatic heterocycles. The van der Waals surface area contributed by atoms with E-state index in [0.717, 1.165) is 12.8 Å². The van der Waals surface area contributed by atoms with Crippen LogP contribution in [0, 0.1) is 0 Å². The molecule has 1 heterocycles. The monoisotopic (exact) mass is 205 g/mol. The summed E-state index contributed by atoms with van der Waals surface area (Å²) in [4.78, 5) is 11.8. The minimum absolute atomic E-state index is 0.0483. The molecule has 2 rings (SSSR count). The van der Waals surface area contributed by atoms with Crippen LogP contribution in [0.2, 0.25) is 0 Å². The highest BCUT2D eigenvalue weighted by Crippen LogP contribution is 2.29. The summed E-state index contributed by atoms with van der Waals surface area (Å²) in [5, 5.41) is 2.89. The van der Waals surface area contributed by atoms with Gasteiger partial charge in [0.2, 0.25) is 0 Å². The topological polar surface area (TPSA) is 38.3 Å². The Bertz CT molecular complexity index is 389. The average molecular weight is 205 g/mol. The number of nitrogens with one attached hydrogen (secondary N) is 1. The smallest absolute Gasteiger partial charge is 0.258 e. The van der Waals surface area contributed by atoms with Crippen molar-refractivity contribution in [3.8, 4) is 5.75 Å². The molecule has 0 saturated carbocycles. The van der Waals surface area contributed by atoms with Gasteiger partial charge < -0.3 is 10.1 Å². The van der Waals surface area contributed by atoms with Crippen LogP contribution in [0.15, 0.2) is 24.3 Å². The van der Waals surface area contributed by atoms with E-state index in [1.165, 1.54) is 0 Å². The van der Waals surface area contributed by atoms with Crippen molar-refractivity contribution in [2.24, 2.45) is 0 Å². The van der Waals surface area contributed by atoms with Gasteiger partial charge in [-0.05, 0) is 19.1 Å². The zero-order valence-electron chi connectivity index (χ0n) is 9.04. The van der Waals surface area contributed by atoms with Crippen LogP contribution in [0.4, 0.5) is 0 Å². The molecule has 0 radical (unpaired) electrons. The Morgan fingerprint density at radius 2 is 2.13 bits per heavy atom. The van der Waals surface area contributed by atoms with E-state index in [1.807, 2.05) is 25.1 Å². The van der Waals surface area contributed by atoms with Gasteiger partial charge in [0.1, 0.15) is 5.75 Å². The van der Waals surface area contributed by atoms with Crippen molar-refractivity contribution in [3.63, 3.8) is 0 Å². The SMILES string of the molecule is CCC[C@]1(C)NC(=O)c2ccccc2O1. The third-order valence-electron chi connectivity index (χ3n) is 2.57. The quantitative estimate of drug-likeness (QED) is 0.804. The molecule has 1 atom stereocenters. The molecule has 1 aliphatic heterocycles. The molecule has 0 spiro atoms. The molecular formula is C12H15NO2. The standard InChI is InChI=1S/C12H15NO2/c1-3-8-12(2)13-11(14)9-6-4-5-7-10(9)15-12/h4-7H,3,8H2,1-2H3,(H,13,14)/t12-/m1/s1. The lowest BCUT2D eigenvalue weighted by Gasteiger charge is -2.36. The van der Waals surface area contributed by atoms with Gasteiger partial charge in [-0.1, -0.05) is 25.5 Å². The number of para-hydroxylation sites is 1. The van der Waals surface area contributed by atoms with Crippen molar-refractivity contribution in [2.45, 2.75) is 32.4 Å². The molecule has 0 fully saturated rings. The van der Waals surface area contributed by atoms with Crippen molar-refractivity contribution in [2.75, 3.05) is 0 Å². The van der Waals surface area contributed by atoms with E-state index >= 15 is 0 Å². The van der Waals surface area contributed by atoms with Gasteiger partial charge in [-0.15, -0.1) is 0 Å². The minimum atomic E-state index is -0.555. The second-order valence-corrected chi connectivity index (χ2v) is 4.03. The molecule has 3 nitrogen and oxygen atoms in total. The normalized spacial score (nSPS) is 24.0. The highest BCUT2D eigenvalue weighted by Gasteiger charge is 2.34. The average Bonchev–Trinajstić information content (AvgIpc) is 2.17. The first-order chi connectivity index (χ1) is 7.14. The van der Waals surface area contributed by atoms with Gasteiger partial charge >= 0.3 is 0 Å². The summed E-state index contributed by atoms with van der Waals surface area (Å²) in [6.07, 6.45) is 1.78.